The van der Waals surface area contributed by atoms with Crippen LogP contribution in [-0.4, -0.2) is 69.3 Å². The Kier molecular flexibility index (Phi) is 11.2. The molecule has 1 aliphatic rings. The molecule has 3 rings (SSSR count). The van der Waals surface area contributed by atoms with Gasteiger partial charge in [0.25, 0.3) is 0 Å². The van der Waals surface area contributed by atoms with Crippen molar-refractivity contribution in [3.63, 3.8) is 0 Å². The molecule has 0 radical (unpaired) electrons. The number of nitrogens with zero attached hydrogens (tertiary/aromatic N) is 2. The van der Waals surface area contributed by atoms with Gasteiger partial charge in [-0.1, -0.05) is 45.0 Å². The second-order valence-electron chi connectivity index (χ2n) is 11.0. The van der Waals surface area contributed by atoms with Crippen LogP contribution in [0.1, 0.15) is 57.8 Å². The monoisotopic (exact) mass is 586 g/mol. The number of amides is 1. The molecule has 1 saturated heterocycles. The van der Waals surface area contributed by atoms with E-state index in [1.165, 1.54) is 4.88 Å². The number of hydrogen-bond acceptors (Lipinski definition) is 7. The lowest BCUT2D eigenvalue weighted by Gasteiger charge is -2.33. The fraction of sp³-hybridized carbons (Fsp3) is 0.556. The van der Waals surface area contributed by atoms with E-state index in [4.69, 9.17) is 15.6 Å². The number of aromatic nitrogens is 1. The second kappa shape index (κ2) is 13.6. The second-order valence-corrected chi connectivity index (χ2v) is 11.9. The molecule has 0 bridgehead atoms. The van der Waals surface area contributed by atoms with Crippen molar-refractivity contribution in [2.45, 2.75) is 71.8 Å². The maximum Gasteiger partial charge on any atom is 0.490 e. The smallest absolute Gasteiger partial charge is 0.481 e. The fourth-order valence-electron chi connectivity index (χ4n) is 4.35. The van der Waals surface area contributed by atoms with Crippen molar-refractivity contribution >= 4 is 29.2 Å². The zero-order valence-electron chi connectivity index (χ0n) is 23.2. The molecule has 1 aromatic heterocycles. The molecular weight excluding hydrogens is 549 g/mol. The predicted molar refractivity (Wildman–Crippen MR) is 146 cm³/mol. The van der Waals surface area contributed by atoms with Gasteiger partial charge in [0.2, 0.25) is 5.91 Å². The number of nitrogens with two attached hydrogens (primary N) is 1. The Morgan fingerprint density at radius 2 is 1.75 bits per heavy atom. The first kappa shape index (κ1) is 33.2. The van der Waals surface area contributed by atoms with Gasteiger partial charge in [-0.25, -0.2) is 9.78 Å². The number of aliphatic carboxylic acids is 2. The van der Waals surface area contributed by atoms with Crippen LogP contribution in [0.5, 0.6) is 0 Å². The number of aryl methyl sites for hydroxylation is 1. The largest absolute Gasteiger partial charge is 0.490 e. The summed E-state index contributed by atoms with van der Waals surface area (Å²) in [5.41, 5.74) is 11.1. The Labute approximate surface area is 235 Å². The van der Waals surface area contributed by atoms with Gasteiger partial charge in [0.1, 0.15) is 0 Å². The molecule has 0 spiro atoms. The number of likely N-dealkylation sites (tertiary alicyclic amines) is 1. The number of carbonyl (C=O) groups is 3. The highest BCUT2D eigenvalue weighted by molar-refractivity contribution is 7.13. The first-order chi connectivity index (χ1) is 18.4. The molecule has 222 valence electrons. The molecule has 2 aromatic rings. The van der Waals surface area contributed by atoms with E-state index in [1.54, 1.807) is 16.2 Å². The first-order valence-corrected chi connectivity index (χ1v) is 13.6. The zero-order valence-corrected chi connectivity index (χ0v) is 24.0. The van der Waals surface area contributed by atoms with Gasteiger partial charge >= 0.3 is 18.1 Å². The number of alkyl halides is 3. The summed E-state index contributed by atoms with van der Waals surface area (Å²) < 4.78 is 31.7. The van der Waals surface area contributed by atoms with Crippen molar-refractivity contribution < 1.29 is 37.8 Å². The molecular formula is C27H37F3N4O5S. The summed E-state index contributed by atoms with van der Waals surface area (Å²) >= 11 is 1.64. The third-order valence-electron chi connectivity index (χ3n) is 6.77. The Hall–Kier alpha value is -3.03. The highest BCUT2D eigenvalue weighted by atomic mass is 32.1. The van der Waals surface area contributed by atoms with Crippen LogP contribution >= 0.6 is 11.3 Å². The van der Waals surface area contributed by atoms with Crippen LogP contribution in [-0.2, 0) is 14.4 Å². The topological polar surface area (TPSA) is 146 Å². The summed E-state index contributed by atoms with van der Waals surface area (Å²) in [6.45, 7) is 11.0. The lowest BCUT2D eigenvalue weighted by molar-refractivity contribution is -0.192. The van der Waals surface area contributed by atoms with Crippen molar-refractivity contribution in [1.29, 1.82) is 0 Å². The van der Waals surface area contributed by atoms with Crippen LogP contribution in [0.4, 0.5) is 13.2 Å². The summed E-state index contributed by atoms with van der Waals surface area (Å²) in [6, 6.07) is 7.86. The van der Waals surface area contributed by atoms with E-state index in [0.29, 0.717) is 19.5 Å². The first-order valence-electron chi connectivity index (χ1n) is 12.7. The van der Waals surface area contributed by atoms with E-state index < -0.39 is 24.2 Å². The van der Waals surface area contributed by atoms with Crippen molar-refractivity contribution in [3.8, 4) is 10.4 Å². The standard InChI is InChI=1S/C25H36N4O3S.C2HF3O2/c1-15(18-6-8-19(9-7-18)22-16(2)28-14-33-22)27-12-20-10-17(11-21(30)31)13-29(20)24(32)23(26)25(3,4)5;3-2(4,5)1(6)7/h6-9,14-15,17,20,23,27H,10-13,26H2,1-5H3,(H,30,31);(H,6,7)/t15?,17-,20+,23?;/m1./s1. The highest BCUT2D eigenvalue weighted by Crippen LogP contribution is 2.30. The molecule has 4 atom stereocenters. The molecule has 40 heavy (non-hydrogen) atoms. The average molecular weight is 587 g/mol. The third kappa shape index (κ3) is 9.27. The average Bonchev–Trinajstić information content (AvgIpc) is 3.46. The van der Waals surface area contributed by atoms with Crippen molar-refractivity contribution in [1.82, 2.24) is 15.2 Å². The maximum absolute atomic E-state index is 13.1. The van der Waals surface area contributed by atoms with Gasteiger partial charge in [0.05, 0.1) is 22.1 Å². The summed E-state index contributed by atoms with van der Waals surface area (Å²) in [7, 11) is 0. The molecule has 1 fully saturated rings. The number of rotatable bonds is 8. The summed E-state index contributed by atoms with van der Waals surface area (Å²) in [5.74, 6) is -3.74. The van der Waals surface area contributed by atoms with E-state index in [-0.39, 0.29) is 35.7 Å². The fourth-order valence-corrected chi connectivity index (χ4v) is 5.17. The Morgan fingerprint density at radius 3 is 2.20 bits per heavy atom. The Morgan fingerprint density at radius 1 is 1.18 bits per heavy atom. The van der Waals surface area contributed by atoms with Gasteiger partial charge in [-0.15, -0.1) is 11.3 Å². The van der Waals surface area contributed by atoms with E-state index in [2.05, 4.69) is 41.5 Å². The summed E-state index contributed by atoms with van der Waals surface area (Å²) in [6.07, 6.45) is -4.35. The van der Waals surface area contributed by atoms with Gasteiger partial charge in [-0.3, -0.25) is 9.59 Å². The number of halogens is 3. The van der Waals surface area contributed by atoms with E-state index >= 15 is 0 Å². The summed E-state index contributed by atoms with van der Waals surface area (Å²) in [4.78, 5) is 40.6. The Bertz CT molecular complexity index is 1160. The molecule has 1 aromatic carbocycles. The zero-order chi connectivity index (χ0) is 30.4. The number of carboxylic acids is 2. The molecule has 0 aliphatic carbocycles. The quantitative estimate of drug-likeness (QED) is 0.355. The van der Waals surface area contributed by atoms with E-state index in [0.717, 1.165) is 16.8 Å². The van der Waals surface area contributed by atoms with Gasteiger partial charge in [-0.05, 0) is 42.7 Å². The van der Waals surface area contributed by atoms with Gasteiger partial charge in [0, 0.05) is 31.6 Å². The molecule has 5 N–H and O–H groups in total. The molecule has 2 heterocycles. The minimum Gasteiger partial charge on any atom is -0.481 e. The van der Waals surface area contributed by atoms with Gasteiger partial charge < -0.3 is 26.2 Å². The molecule has 0 saturated carbocycles. The van der Waals surface area contributed by atoms with Crippen LogP contribution in [0.2, 0.25) is 0 Å². The van der Waals surface area contributed by atoms with Crippen LogP contribution < -0.4 is 11.1 Å². The highest BCUT2D eigenvalue weighted by Gasteiger charge is 2.40. The van der Waals surface area contributed by atoms with Crippen LogP contribution in [0.25, 0.3) is 10.4 Å². The van der Waals surface area contributed by atoms with Crippen molar-refractivity contribution in [2.24, 2.45) is 17.1 Å². The van der Waals surface area contributed by atoms with Gasteiger partial charge in [-0.2, -0.15) is 13.2 Å². The molecule has 1 aliphatic heterocycles. The van der Waals surface area contributed by atoms with Crippen LogP contribution in [0, 0.1) is 18.3 Å². The number of carboxylic acid groups (broad SMARTS) is 2. The van der Waals surface area contributed by atoms with E-state index in [9.17, 15) is 27.9 Å². The number of thiazole rings is 1. The number of nitrogens with one attached hydrogen (secondary N) is 1. The number of benzene rings is 1. The SMILES string of the molecule is Cc1ncsc1-c1ccc(C(C)NC[C@@H]2C[C@H](CC(=O)O)CN2C(=O)C(N)C(C)(C)C)cc1.O=C(O)C(F)(F)F. The Balaban J connectivity index is 0.000000708. The number of carbonyl (C=O) groups excluding carboxylic acids is 1. The minimum absolute atomic E-state index is 0.0531. The molecule has 13 heteroatoms. The molecule has 9 nitrogen and oxygen atoms in total. The normalized spacial score (nSPS) is 19.0. The molecule has 1 amide bonds. The van der Waals surface area contributed by atoms with Gasteiger partial charge in [0.15, 0.2) is 0 Å². The minimum atomic E-state index is -5.08. The predicted octanol–water partition coefficient (Wildman–Crippen LogP) is 4.47. The maximum atomic E-state index is 13.1. The lowest BCUT2D eigenvalue weighted by Crippen LogP contribution is -2.53. The van der Waals surface area contributed by atoms with Crippen molar-refractivity contribution in [3.05, 3.63) is 41.0 Å². The summed E-state index contributed by atoms with van der Waals surface area (Å²) in [5, 5.41) is 19.9. The lowest BCUT2D eigenvalue weighted by atomic mass is 9.86. The van der Waals surface area contributed by atoms with Crippen LogP contribution in [0.3, 0.4) is 0 Å². The number of hydrogen-bond donors (Lipinski definition) is 4. The van der Waals surface area contributed by atoms with Crippen LogP contribution in [0.15, 0.2) is 29.8 Å². The third-order valence-corrected chi connectivity index (χ3v) is 7.74. The molecule has 2 unspecified atom stereocenters. The van der Waals surface area contributed by atoms with Crippen molar-refractivity contribution in [2.75, 3.05) is 13.1 Å². The van der Waals surface area contributed by atoms with E-state index in [1.807, 2.05) is 33.2 Å².